The number of tetrazole rings is 1. The van der Waals surface area contributed by atoms with E-state index < -0.39 is 0 Å². The van der Waals surface area contributed by atoms with Crippen molar-refractivity contribution < 1.29 is 9.15 Å². The van der Waals surface area contributed by atoms with Gasteiger partial charge in [-0.1, -0.05) is 18.7 Å². The van der Waals surface area contributed by atoms with E-state index in [0.717, 1.165) is 22.7 Å². The first-order chi connectivity index (χ1) is 13.7. The number of ether oxygens (including phenoxy) is 1. The zero-order chi connectivity index (χ0) is 19.5. The third-order valence-corrected chi connectivity index (χ3v) is 6.38. The van der Waals surface area contributed by atoms with Crippen LogP contribution in [0.3, 0.4) is 0 Å². The van der Waals surface area contributed by atoms with Crippen LogP contribution in [0.4, 0.5) is 0 Å². The maximum absolute atomic E-state index is 5.83. The Bertz CT molecular complexity index is 1070. The van der Waals surface area contributed by atoms with Crippen molar-refractivity contribution in [2.75, 3.05) is 7.11 Å². The molecular weight excluding hydrogens is 396 g/mol. The molecule has 0 N–H and O–H groups in total. The summed E-state index contributed by atoms with van der Waals surface area (Å²) in [7, 11) is 1.63. The maximum atomic E-state index is 5.83. The monoisotopic (exact) mass is 414 g/mol. The molecule has 3 aromatic heterocycles. The molecule has 0 saturated carbocycles. The molecule has 144 valence electrons. The van der Waals surface area contributed by atoms with E-state index in [2.05, 4.69) is 45.6 Å². The molecule has 1 aromatic carbocycles. The smallest absolute Gasteiger partial charge is 0.257 e. The Kier molecular flexibility index (Phi) is 5.40. The molecule has 0 aliphatic rings. The fourth-order valence-electron chi connectivity index (χ4n) is 2.67. The lowest BCUT2D eigenvalue weighted by molar-refractivity contribution is 0.414. The summed E-state index contributed by atoms with van der Waals surface area (Å²) in [5.41, 5.74) is 2.11. The number of nitrogens with zero attached hydrogens (tertiary/aromatic N) is 6. The highest BCUT2D eigenvalue weighted by molar-refractivity contribution is 7.98. The standard InChI is InChI=1S/C18H18N6O2S2/c1-4-14-11(2)9-15(28-14)17-20-19-16(26-17)10-27-18-21-22-23-24(18)12-5-7-13(25-3)8-6-12/h5-9H,4,10H2,1-3H3. The molecule has 0 amide bonds. The molecule has 0 aliphatic carbocycles. The summed E-state index contributed by atoms with van der Waals surface area (Å²) in [6, 6.07) is 9.62. The van der Waals surface area contributed by atoms with Crippen LogP contribution >= 0.6 is 23.1 Å². The SMILES string of the molecule is CCc1sc(-c2nnc(CSc3nnnn3-c3ccc(OC)cc3)o2)cc1C. The second-order valence-corrected chi connectivity index (χ2v) is 8.01. The van der Waals surface area contributed by atoms with Crippen molar-refractivity contribution in [3.8, 4) is 22.2 Å². The van der Waals surface area contributed by atoms with Crippen LogP contribution in [0.1, 0.15) is 23.3 Å². The van der Waals surface area contributed by atoms with E-state index in [1.54, 1.807) is 23.1 Å². The number of aryl methyl sites for hydroxylation is 2. The summed E-state index contributed by atoms with van der Waals surface area (Å²) in [6.45, 7) is 4.25. The van der Waals surface area contributed by atoms with E-state index in [1.807, 2.05) is 24.3 Å². The minimum absolute atomic E-state index is 0.481. The molecule has 10 heteroatoms. The van der Waals surface area contributed by atoms with Crippen molar-refractivity contribution in [1.82, 2.24) is 30.4 Å². The Morgan fingerprint density at radius 1 is 1.18 bits per heavy atom. The van der Waals surface area contributed by atoms with E-state index in [9.17, 15) is 0 Å². The van der Waals surface area contributed by atoms with Gasteiger partial charge in [0, 0.05) is 4.88 Å². The molecule has 0 bridgehead atoms. The average molecular weight is 415 g/mol. The summed E-state index contributed by atoms with van der Waals surface area (Å²) in [5.74, 6) is 2.35. The Balaban J connectivity index is 1.47. The molecule has 0 aliphatic heterocycles. The molecular formula is C18H18N6O2S2. The first-order valence-corrected chi connectivity index (χ1v) is 10.5. The summed E-state index contributed by atoms with van der Waals surface area (Å²) in [6.07, 6.45) is 1.00. The molecule has 28 heavy (non-hydrogen) atoms. The van der Waals surface area contributed by atoms with Crippen LogP contribution in [-0.2, 0) is 12.2 Å². The molecule has 3 heterocycles. The van der Waals surface area contributed by atoms with Crippen molar-refractivity contribution in [1.29, 1.82) is 0 Å². The lowest BCUT2D eigenvalue weighted by atomic mass is 10.2. The highest BCUT2D eigenvalue weighted by atomic mass is 32.2. The lowest BCUT2D eigenvalue weighted by Gasteiger charge is -2.04. The van der Waals surface area contributed by atoms with Crippen molar-refractivity contribution >= 4 is 23.1 Å². The van der Waals surface area contributed by atoms with Gasteiger partial charge in [-0.05, 0) is 59.7 Å². The minimum Gasteiger partial charge on any atom is -0.497 e. The Morgan fingerprint density at radius 2 is 2.00 bits per heavy atom. The highest BCUT2D eigenvalue weighted by Crippen LogP contribution is 2.31. The van der Waals surface area contributed by atoms with Crippen molar-refractivity contribution in [2.24, 2.45) is 0 Å². The van der Waals surface area contributed by atoms with E-state index in [-0.39, 0.29) is 0 Å². The predicted molar refractivity (Wildman–Crippen MR) is 107 cm³/mol. The van der Waals surface area contributed by atoms with Crippen molar-refractivity contribution in [2.45, 2.75) is 31.2 Å². The Morgan fingerprint density at radius 3 is 2.71 bits per heavy atom. The highest BCUT2D eigenvalue weighted by Gasteiger charge is 2.15. The van der Waals surface area contributed by atoms with Crippen LogP contribution in [0.25, 0.3) is 16.5 Å². The molecule has 4 aromatic rings. The van der Waals surface area contributed by atoms with Gasteiger partial charge in [0.25, 0.3) is 5.89 Å². The van der Waals surface area contributed by atoms with Gasteiger partial charge in [0.15, 0.2) is 0 Å². The molecule has 4 rings (SSSR count). The van der Waals surface area contributed by atoms with Gasteiger partial charge in [-0.25, -0.2) is 0 Å². The van der Waals surface area contributed by atoms with Gasteiger partial charge in [0.2, 0.25) is 11.0 Å². The first kappa shape index (κ1) is 18.6. The summed E-state index contributed by atoms with van der Waals surface area (Å²) in [5, 5.41) is 20.9. The largest absolute Gasteiger partial charge is 0.497 e. The van der Waals surface area contributed by atoms with Crippen LogP contribution in [0.5, 0.6) is 5.75 Å². The zero-order valence-electron chi connectivity index (χ0n) is 15.6. The summed E-state index contributed by atoms with van der Waals surface area (Å²) >= 11 is 3.13. The number of thiophene rings is 1. The predicted octanol–water partition coefficient (Wildman–Crippen LogP) is 3.95. The second-order valence-electron chi connectivity index (χ2n) is 5.93. The van der Waals surface area contributed by atoms with Gasteiger partial charge in [-0.3, -0.25) is 0 Å². The fourth-order valence-corrected chi connectivity index (χ4v) is 4.43. The molecule has 0 saturated heterocycles. The lowest BCUT2D eigenvalue weighted by Crippen LogP contribution is -1.99. The van der Waals surface area contributed by atoms with E-state index >= 15 is 0 Å². The minimum atomic E-state index is 0.481. The van der Waals surface area contributed by atoms with Crippen molar-refractivity contribution in [3.05, 3.63) is 46.7 Å². The molecule has 0 atom stereocenters. The van der Waals surface area contributed by atoms with Gasteiger partial charge >= 0.3 is 0 Å². The van der Waals surface area contributed by atoms with E-state index in [4.69, 9.17) is 9.15 Å². The van der Waals surface area contributed by atoms with Crippen molar-refractivity contribution in [3.63, 3.8) is 0 Å². The number of rotatable bonds is 7. The summed E-state index contributed by atoms with van der Waals surface area (Å²) < 4.78 is 12.7. The van der Waals surface area contributed by atoms with E-state index in [0.29, 0.717) is 22.7 Å². The fraction of sp³-hybridized carbons (Fsp3) is 0.278. The normalized spacial score (nSPS) is 11.1. The maximum Gasteiger partial charge on any atom is 0.257 e. The van der Waals surface area contributed by atoms with Gasteiger partial charge in [-0.2, -0.15) is 4.68 Å². The van der Waals surface area contributed by atoms with Crippen LogP contribution in [0.2, 0.25) is 0 Å². The van der Waals surface area contributed by atoms with Crippen LogP contribution < -0.4 is 4.74 Å². The van der Waals surface area contributed by atoms with Crippen LogP contribution in [-0.4, -0.2) is 37.5 Å². The molecule has 0 unspecified atom stereocenters. The van der Waals surface area contributed by atoms with Gasteiger partial charge < -0.3 is 9.15 Å². The van der Waals surface area contributed by atoms with Gasteiger partial charge in [0.05, 0.1) is 23.4 Å². The first-order valence-electron chi connectivity index (χ1n) is 8.65. The number of hydrogen-bond acceptors (Lipinski definition) is 9. The number of benzene rings is 1. The zero-order valence-corrected chi connectivity index (χ0v) is 17.3. The number of hydrogen-bond donors (Lipinski definition) is 0. The number of methoxy groups -OCH3 is 1. The number of thioether (sulfide) groups is 1. The molecule has 0 radical (unpaired) electrons. The van der Waals surface area contributed by atoms with Crippen LogP contribution in [0.15, 0.2) is 39.9 Å². The van der Waals surface area contributed by atoms with Crippen LogP contribution in [0, 0.1) is 6.92 Å². The number of aromatic nitrogens is 6. The Labute approximate surface area is 169 Å². The quantitative estimate of drug-likeness (QED) is 0.420. The third-order valence-electron chi connectivity index (χ3n) is 4.10. The molecule has 8 nitrogen and oxygen atoms in total. The third kappa shape index (κ3) is 3.78. The summed E-state index contributed by atoms with van der Waals surface area (Å²) in [4.78, 5) is 2.34. The second kappa shape index (κ2) is 8.11. The topological polar surface area (TPSA) is 91.8 Å². The molecule has 0 fully saturated rings. The Hall–Kier alpha value is -2.72. The molecule has 0 spiro atoms. The van der Waals surface area contributed by atoms with E-state index in [1.165, 1.54) is 22.2 Å². The van der Waals surface area contributed by atoms with Gasteiger partial charge in [-0.15, -0.1) is 26.6 Å². The van der Waals surface area contributed by atoms with Gasteiger partial charge in [0.1, 0.15) is 5.75 Å². The average Bonchev–Trinajstić information content (AvgIpc) is 3.45.